The lowest BCUT2D eigenvalue weighted by atomic mass is 9.84. The Labute approximate surface area is 147 Å². The van der Waals surface area contributed by atoms with Crippen LogP contribution < -0.4 is 4.74 Å². The third-order valence-corrected chi connectivity index (χ3v) is 4.41. The standard InChI is InChI=1S/C18H16F3NO4/c1-26-16-7-13-11(6-15(16)24)8-22(17(25)18(19,20)21)9-14(13)10-2-4-12(23)5-3-10/h2-7,14,23-24H,8-9H2,1H3/t14-/m0/s1. The SMILES string of the molecule is COc1cc2c(cc1O)CN(C(=O)C(F)(F)F)C[C@H]2c1ccc(O)cc1. The summed E-state index contributed by atoms with van der Waals surface area (Å²) < 4.78 is 43.8. The number of aromatic hydroxyl groups is 2. The molecular weight excluding hydrogens is 351 g/mol. The Kier molecular flexibility index (Phi) is 4.43. The van der Waals surface area contributed by atoms with E-state index in [1.165, 1.54) is 25.3 Å². The number of phenolic OH excluding ortho intramolecular Hbond substituents is 2. The van der Waals surface area contributed by atoms with E-state index in [0.29, 0.717) is 21.6 Å². The molecule has 0 radical (unpaired) electrons. The van der Waals surface area contributed by atoms with Crippen LogP contribution in [0.5, 0.6) is 17.2 Å². The van der Waals surface area contributed by atoms with Crippen molar-refractivity contribution in [2.75, 3.05) is 13.7 Å². The molecule has 0 aromatic heterocycles. The van der Waals surface area contributed by atoms with Crippen molar-refractivity contribution in [1.82, 2.24) is 4.90 Å². The number of hydrogen-bond acceptors (Lipinski definition) is 4. The van der Waals surface area contributed by atoms with Gasteiger partial charge in [-0.25, -0.2) is 0 Å². The summed E-state index contributed by atoms with van der Waals surface area (Å²) in [5, 5.41) is 19.4. The fourth-order valence-corrected chi connectivity index (χ4v) is 3.17. The molecule has 0 saturated carbocycles. The quantitative estimate of drug-likeness (QED) is 0.856. The molecule has 8 heteroatoms. The molecule has 2 aromatic rings. The molecular formula is C18H16F3NO4. The van der Waals surface area contributed by atoms with Gasteiger partial charge in [-0.1, -0.05) is 12.1 Å². The lowest BCUT2D eigenvalue weighted by Gasteiger charge is -2.35. The van der Waals surface area contributed by atoms with Gasteiger partial charge in [-0.15, -0.1) is 0 Å². The van der Waals surface area contributed by atoms with Crippen molar-refractivity contribution >= 4 is 5.91 Å². The Morgan fingerprint density at radius 2 is 1.85 bits per heavy atom. The maximum Gasteiger partial charge on any atom is 0.471 e. The van der Waals surface area contributed by atoms with Crippen LogP contribution in [0.25, 0.3) is 0 Å². The minimum atomic E-state index is -4.98. The van der Waals surface area contributed by atoms with E-state index in [-0.39, 0.29) is 30.3 Å². The molecule has 3 rings (SSSR count). The van der Waals surface area contributed by atoms with E-state index in [9.17, 15) is 28.2 Å². The first-order valence-corrected chi connectivity index (χ1v) is 7.75. The first-order chi connectivity index (χ1) is 12.2. The van der Waals surface area contributed by atoms with Crippen LogP contribution in [-0.4, -0.2) is 40.9 Å². The first kappa shape index (κ1) is 17.9. The zero-order valence-corrected chi connectivity index (χ0v) is 13.7. The lowest BCUT2D eigenvalue weighted by Crippen LogP contribution is -2.45. The summed E-state index contributed by atoms with van der Waals surface area (Å²) in [4.78, 5) is 12.5. The normalized spacial score (nSPS) is 16.9. The molecule has 2 aromatic carbocycles. The van der Waals surface area contributed by atoms with Gasteiger partial charge in [0.05, 0.1) is 7.11 Å². The monoisotopic (exact) mass is 367 g/mol. The van der Waals surface area contributed by atoms with Gasteiger partial charge in [0.1, 0.15) is 5.75 Å². The molecule has 0 fully saturated rings. The van der Waals surface area contributed by atoms with E-state index in [4.69, 9.17) is 4.74 Å². The fourth-order valence-electron chi connectivity index (χ4n) is 3.17. The minimum Gasteiger partial charge on any atom is -0.508 e. The largest absolute Gasteiger partial charge is 0.508 e. The van der Waals surface area contributed by atoms with Crippen LogP contribution in [0.1, 0.15) is 22.6 Å². The second-order valence-electron chi connectivity index (χ2n) is 6.05. The number of carbonyl (C=O) groups is 1. The molecule has 0 bridgehead atoms. The number of phenols is 2. The van der Waals surface area contributed by atoms with Gasteiger partial charge in [-0.3, -0.25) is 4.79 Å². The zero-order chi connectivity index (χ0) is 19.1. The Morgan fingerprint density at radius 3 is 2.42 bits per heavy atom. The Morgan fingerprint density at radius 1 is 1.19 bits per heavy atom. The predicted octanol–water partition coefficient (Wildman–Crippen LogP) is 3.14. The van der Waals surface area contributed by atoms with Crippen molar-refractivity contribution in [2.24, 2.45) is 0 Å². The molecule has 138 valence electrons. The molecule has 5 nitrogen and oxygen atoms in total. The molecule has 0 spiro atoms. The number of nitrogens with zero attached hydrogens (tertiary/aromatic N) is 1. The smallest absolute Gasteiger partial charge is 0.471 e. The van der Waals surface area contributed by atoms with E-state index >= 15 is 0 Å². The molecule has 26 heavy (non-hydrogen) atoms. The highest BCUT2D eigenvalue weighted by atomic mass is 19.4. The Bertz CT molecular complexity index is 834. The zero-order valence-electron chi connectivity index (χ0n) is 13.7. The number of methoxy groups -OCH3 is 1. The van der Waals surface area contributed by atoms with Gasteiger partial charge >= 0.3 is 12.1 Å². The highest BCUT2D eigenvalue weighted by molar-refractivity contribution is 5.82. The maximum absolute atomic E-state index is 12.9. The van der Waals surface area contributed by atoms with Crippen LogP contribution in [0.3, 0.4) is 0 Å². The number of amides is 1. The van der Waals surface area contributed by atoms with E-state index in [2.05, 4.69) is 0 Å². The van der Waals surface area contributed by atoms with Crippen molar-refractivity contribution < 1.29 is 32.9 Å². The van der Waals surface area contributed by atoms with Crippen LogP contribution in [-0.2, 0) is 11.3 Å². The third kappa shape index (κ3) is 3.26. The molecule has 2 N–H and O–H groups in total. The fraction of sp³-hybridized carbons (Fsp3) is 0.278. The highest BCUT2D eigenvalue weighted by Gasteiger charge is 2.44. The second kappa shape index (κ2) is 6.44. The van der Waals surface area contributed by atoms with Crippen molar-refractivity contribution in [1.29, 1.82) is 0 Å². The first-order valence-electron chi connectivity index (χ1n) is 7.75. The van der Waals surface area contributed by atoms with Crippen LogP contribution in [0.4, 0.5) is 13.2 Å². The van der Waals surface area contributed by atoms with Crippen molar-refractivity contribution in [3.05, 3.63) is 53.1 Å². The lowest BCUT2D eigenvalue weighted by molar-refractivity contribution is -0.186. The second-order valence-corrected chi connectivity index (χ2v) is 6.05. The number of hydrogen-bond donors (Lipinski definition) is 2. The molecule has 1 aliphatic heterocycles. The molecule has 0 aliphatic carbocycles. The molecule has 0 saturated heterocycles. The maximum atomic E-state index is 12.9. The average molecular weight is 367 g/mol. The summed E-state index contributed by atoms with van der Waals surface area (Å²) in [5.74, 6) is -2.47. The molecule has 1 amide bonds. The van der Waals surface area contributed by atoms with Gasteiger partial charge in [0.2, 0.25) is 0 Å². The molecule has 1 heterocycles. The summed E-state index contributed by atoms with van der Waals surface area (Å²) in [6.07, 6.45) is -4.98. The number of halogens is 3. The van der Waals surface area contributed by atoms with E-state index in [1.807, 2.05) is 0 Å². The number of carbonyl (C=O) groups excluding carboxylic acids is 1. The predicted molar refractivity (Wildman–Crippen MR) is 86.1 cm³/mol. The Balaban J connectivity index is 2.09. The van der Waals surface area contributed by atoms with Crippen molar-refractivity contribution in [3.8, 4) is 17.2 Å². The summed E-state index contributed by atoms with van der Waals surface area (Å²) in [5.41, 5.74) is 1.71. The minimum absolute atomic E-state index is 0.0243. The van der Waals surface area contributed by atoms with Gasteiger partial charge in [0, 0.05) is 19.0 Å². The summed E-state index contributed by atoms with van der Waals surface area (Å²) in [6, 6.07) is 8.92. The van der Waals surface area contributed by atoms with E-state index < -0.39 is 18.0 Å². The van der Waals surface area contributed by atoms with E-state index in [0.717, 1.165) is 0 Å². The van der Waals surface area contributed by atoms with Crippen LogP contribution in [0.15, 0.2) is 36.4 Å². The summed E-state index contributed by atoms with van der Waals surface area (Å²) in [7, 11) is 1.37. The van der Waals surface area contributed by atoms with Gasteiger partial charge in [-0.2, -0.15) is 13.2 Å². The van der Waals surface area contributed by atoms with Crippen LogP contribution >= 0.6 is 0 Å². The van der Waals surface area contributed by atoms with Crippen LogP contribution in [0.2, 0.25) is 0 Å². The van der Waals surface area contributed by atoms with Gasteiger partial charge < -0.3 is 19.8 Å². The average Bonchev–Trinajstić information content (AvgIpc) is 2.59. The summed E-state index contributed by atoms with van der Waals surface area (Å²) >= 11 is 0. The molecule has 1 atom stereocenters. The van der Waals surface area contributed by atoms with Gasteiger partial charge in [-0.05, 0) is 41.0 Å². The highest BCUT2D eigenvalue weighted by Crippen LogP contribution is 2.40. The number of rotatable bonds is 2. The van der Waals surface area contributed by atoms with Crippen molar-refractivity contribution in [3.63, 3.8) is 0 Å². The van der Waals surface area contributed by atoms with Gasteiger partial charge in [0.15, 0.2) is 11.5 Å². The third-order valence-electron chi connectivity index (χ3n) is 4.41. The Hall–Kier alpha value is -2.90. The molecule has 1 aliphatic rings. The topological polar surface area (TPSA) is 70.0 Å². The van der Waals surface area contributed by atoms with Crippen LogP contribution in [0, 0.1) is 0 Å². The molecule has 0 unspecified atom stereocenters. The van der Waals surface area contributed by atoms with Crippen molar-refractivity contribution in [2.45, 2.75) is 18.6 Å². The number of alkyl halides is 3. The van der Waals surface area contributed by atoms with Gasteiger partial charge in [0.25, 0.3) is 0 Å². The number of ether oxygens (including phenoxy) is 1. The van der Waals surface area contributed by atoms with E-state index in [1.54, 1.807) is 18.2 Å². The number of fused-ring (bicyclic) bond motifs is 1. The summed E-state index contributed by atoms with van der Waals surface area (Å²) in [6.45, 7) is -0.441. The number of benzene rings is 2.